The van der Waals surface area contributed by atoms with Crippen LogP contribution >= 0.6 is 0 Å². The number of aryl methyl sites for hydroxylation is 1. The topological polar surface area (TPSA) is 35.5 Å². The van der Waals surface area contributed by atoms with Crippen LogP contribution in [0.1, 0.15) is 34.8 Å². The zero-order valence-electron chi connectivity index (χ0n) is 11.6. The highest BCUT2D eigenvalue weighted by Gasteiger charge is 2.52. The maximum Gasteiger partial charge on any atom is 0.341 e. The van der Waals surface area contributed by atoms with E-state index in [2.05, 4.69) is 32.0 Å². The van der Waals surface area contributed by atoms with Crippen LogP contribution in [0.3, 0.4) is 0 Å². The number of carbonyl (C=O) groups excluding carboxylic acids is 1. The minimum atomic E-state index is -0.861. The van der Waals surface area contributed by atoms with Gasteiger partial charge in [0.05, 0.1) is 12.2 Å². The average Bonchev–Trinajstić information content (AvgIpc) is 2.91. The van der Waals surface area contributed by atoms with Crippen molar-refractivity contribution in [3.8, 4) is 0 Å². The normalized spacial score (nSPS) is 28.1. The van der Waals surface area contributed by atoms with E-state index < -0.39 is 5.79 Å². The van der Waals surface area contributed by atoms with Gasteiger partial charge in [0.2, 0.25) is 5.79 Å². The quantitative estimate of drug-likeness (QED) is 0.686. The van der Waals surface area contributed by atoms with Gasteiger partial charge in [0.1, 0.15) is 0 Å². The molecule has 102 valence electrons. The number of hydrogen-bond acceptors (Lipinski definition) is 3. The molecule has 1 fully saturated rings. The van der Waals surface area contributed by atoms with Gasteiger partial charge in [-0.15, -0.1) is 0 Å². The summed E-state index contributed by atoms with van der Waals surface area (Å²) in [6.07, 6.45) is 0.735. The lowest BCUT2D eigenvalue weighted by Gasteiger charge is -2.23. The summed E-state index contributed by atoms with van der Waals surface area (Å²) < 4.78 is 11.5. The number of carbonyl (C=O) groups is 1. The van der Waals surface area contributed by atoms with Crippen LogP contribution in [0.15, 0.2) is 30.3 Å². The summed E-state index contributed by atoms with van der Waals surface area (Å²) in [6.45, 7) is 4.82. The SMILES string of the molecule is Cc1ccc2c3c(ccc2c1)C(=O)O[C@@]31C[C@@H](C)CO1. The van der Waals surface area contributed by atoms with Crippen LogP contribution in [0.4, 0.5) is 0 Å². The summed E-state index contributed by atoms with van der Waals surface area (Å²) in [5.74, 6) is -0.730. The predicted octanol–water partition coefficient (Wildman–Crippen LogP) is 3.53. The molecule has 3 nitrogen and oxygen atoms in total. The number of benzene rings is 2. The summed E-state index contributed by atoms with van der Waals surface area (Å²) in [5, 5.41) is 2.19. The first kappa shape index (κ1) is 11.9. The predicted molar refractivity (Wildman–Crippen MR) is 75.5 cm³/mol. The molecule has 0 aliphatic carbocycles. The van der Waals surface area contributed by atoms with Gasteiger partial charge < -0.3 is 9.47 Å². The molecule has 2 aliphatic heterocycles. The lowest BCUT2D eigenvalue weighted by atomic mass is 9.91. The Kier molecular flexibility index (Phi) is 2.28. The lowest BCUT2D eigenvalue weighted by Crippen LogP contribution is -2.25. The molecule has 2 aromatic rings. The number of rotatable bonds is 0. The molecule has 2 atom stereocenters. The molecular formula is C17H16O3. The summed E-state index contributed by atoms with van der Waals surface area (Å²) in [7, 11) is 0. The number of fused-ring (bicyclic) bond motifs is 4. The van der Waals surface area contributed by atoms with Crippen LogP contribution in [0.25, 0.3) is 10.8 Å². The van der Waals surface area contributed by atoms with Gasteiger partial charge in [-0.2, -0.15) is 0 Å². The zero-order valence-corrected chi connectivity index (χ0v) is 11.6. The Labute approximate surface area is 117 Å². The van der Waals surface area contributed by atoms with Crippen molar-refractivity contribution < 1.29 is 14.3 Å². The summed E-state index contributed by atoms with van der Waals surface area (Å²) >= 11 is 0. The fraction of sp³-hybridized carbons (Fsp3) is 0.353. The second-order valence-electron chi connectivity index (χ2n) is 5.98. The number of ether oxygens (including phenoxy) is 2. The molecule has 0 radical (unpaired) electrons. The van der Waals surface area contributed by atoms with Crippen molar-refractivity contribution in [2.24, 2.45) is 5.92 Å². The molecule has 0 N–H and O–H groups in total. The molecule has 0 bridgehead atoms. The van der Waals surface area contributed by atoms with Crippen LogP contribution in [0.2, 0.25) is 0 Å². The molecule has 20 heavy (non-hydrogen) atoms. The van der Waals surface area contributed by atoms with Crippen molar-refractivity contribution in [1.82, 2.24) is 0 Å². The van der Waals surface area contributed by atoms with Gasteiger partial charge >= 0.3 is 5.97 Å². The number of esters is 1. The highest BCUT2D eigenvalue weighted by molar-refractivity contribution is 6.02. The number of hydrogen-bond donors (Lipinski definition) is 0. The smallest absolute Gasteiger partial charge is 0.341 e. The highest BCUT2D eigenvalue weighted by Crippen LogP contribution is 2.48. The molecule has 2 aromatic carbocycles. The van der Waals surface area contributed by atoms with E-state index in [1.54, 1.807) is 0 Å². The maximum atomic E-state index is 12.1. The van der Waals surface area contributed by atoms with Crippen molar-refractivity contribution in [2.75, 3.05) is 6.61 Å². The third-order valence-corrected chi connectivity index (χ3v) is 4.25. The van der Waals surface area contributed by atoms with Crippen LogP contribution in [-0.4, -0.2) is 12.6 Å². The Morgan fingerprint density at radius 3 is 2.85 bits per heavy atom. The Hall–Kier alpha value is -1.87. The molecule has 1 spiro atoms. The van der Waals surface area contributed by atoms with Gasteiger partial charge in [0.25, 0.3) is 0 Å². The molecule has 2 aliphatic rings. The fourth-order valence-corrected chi connectivity index (χ4v) is 3.38. The van der Waals surface area contributed by atoms with Gasteiger partial charge in [-0.05, 0) is 29.7 Å². The van der Waals surface area contributed by atoms with Crippen LogP contribution in [0, 0.1) is 12.8 Å². The van der Waals surface area contributed by atoms with Crippen LogP contribution in [-0.2, 0) is 15.3 Å². The molecule has 0 unspecified atom stereocenters. The van der Waals surface area contributed by atoms with E-state index in [-0.39, 0.29) is 5.97 Å². The van der Waals surface area contributed by atoms with Crippen molar-refractivity contribution in [1.29, 1.82) is 0 Å². The third-order valence-electron chi connectivity index (χ3n) is 4.25. The average molecular weight is 268 g/mol. The van der Waals surface area contributed by atoms with E-state index in [1.807, 2.05) is 12.1 Å². The maximum absolute atomic E-state index is 12.1. The third kappa shape index (κ3) is 1.47. The minimum Gasteiger partial charge on any atom is -0.425 e. The molecule has 2 heterocycles. The first-order valence-electron chi connectivity index (χ1n) is 7.00. The van der Waals surface area contributed by atoms with E-state index in [1.165, 1.54) is 5.56 Å². The van der Waals surface area contributed by atoms with Gasteiger partial charge in [0.15, 0.2) is 0 Å². The van der Waals surface area contributed by atoms with E-state index in [4.69, 9.17) is 9.47 Å². The molecule has 3 heteroatoms. The molecule has 4 rings (SSSR count). The monoisotopic (exact) mass is 268 g/mol. The van der Waals surface area contributed by atoms with E-state index in [0.29, 0.717) is 18.1 Å². The summed E-state index contributed by atoms with van der Waals surface area (Å²) in [5.41, 5.74) is 2.78. The summed E-state index contributed by atoms with van der Waals surface area (Å²) in [4.78, 5) is 12.1. The Balaban J connectivity index is 2.03. The molecule has 1 saturated heterocycles. The fourth-order valence-electron chi connectivity index (χ4n) is 3.38. The molecular weight excluding hydrogens is 252 g/mol. The first-order chi connectivity index (χ1) is 9.59. The largest absolute Gasteiger partial charge is 0.425 e. The minimum absolute atomic E-state index is 0.267. The van der Waals surface area contributed by atoms with Gasteiger partial charge in [0, 0.05) is 12.0 Å². The van der Waals surface area contributed by atoms with Gasteiger partial charge in [-0.1, -0.05) is 36.8 Å². The van der Waals surface area contributed by atoms with Crippen LogP contribution in [0.5, 0.6) is 0 Å². The van der Waals surface area contributed by atoms with Crippen LogP contribution < -0.4 is 0 Å². The zero-order chi connectivity index (χ0) is 13.9. The van der Waals surface area contributed by atoms with Crippen molar-refractivity contribution in [2.45, 2.75) is 26.1 Å². The van der Waals surface area contributed by atoms with Crippen molar-refractivity contribution in [3.05, 3.63) is 47.0 Å². The standard InChI is InChI=1S/C17H16O3/c1-10-3-5-13-12(7-10)4-6-14-15(13)17(20-16(14)18)8-11(2)9-19-17/h3-7,11H,8-9H2,1-2H3/t11-,17+/m1/s1. The Morgan fingerprint density at radius 1 is 1.25 bits per heavy atom. The Morgan fingerprint density at radius 2 is 2.10 bits per heavy atom. The lowest BCUT2D eigenvalue weighted by molar-refractivity contribution is -0.171. The molecule has 0 saturated carbocycles. The van der Waals surface area contributed by atoms with Crippen molar-refractivity contribution >= 4 is 16.7 Å². The molecule has 0 amide bonds. The van der Waals surface area contributed by atoms with Gasteiger partial charge in [-0.3, -0.25) is 0 Å². The van der Waals surface area contributed by atoms with Gasteiger partial charge in [-0.25, -0.2) is 4.79 Å². The van der Waals surface area contributed by atoms with E-state index in [9.17, 15) is 4.79 Å². The second-order valence-corrected chi connectivity index (χ2v) is 5.98. The van der Waals surface area contributed by atoms with Crippen molar-refractivity contribution in [3.63, 3.8) is 0 Å². The molecule has 0 aromatic heterocycles. The van der Waals surface area contributed by atoms with E-state index in [0.717, 1.165) is 22.8 Å². The second kappa shape index (κ2) is 3.83. The highest BCUT2D eigenvalue weighted by atomic mass is 16.7. The first-order valence-corrected chi connectivity index (χ1v) is 7.00. The van der Waals surface area contributed by atoms with E-state index >= 15 is 0 Å². The summed E-state index contributed by atoms with van der Waals surface area (Å²) in [6, 6.07) is 10.1. The Bertz CT molecular complexity index is 734.